The summed E-state index contributed by atoms with van der Waals surface area (Å²) in [4.78, 5) is 24.8. The molecule has 8 heteroatoms. The Bertz CT molecular complexity index is 724. The second-order valence-corrected chi connectivity index (χ2v) is 8.68. The third-order valence-corrected chi connectivity index (χ3v) is 6.70. The second-order valence-electron chi connectivity index (χ2n) is 6.40. The molecule has 0 radical (unpaired) electrons. The Morgan fingerprint density at radius 1 is 1.12 bits per heavy atom. The molecular weight excluding hydrogens is 356 g/mol. The zero-order valence-electron chi connectivity index (χ0n) is 15.5. The fourth-order valence-electron chi connectivity index (χ4n) is 2.83. The van der Waals surface area contributed by atoms with Crippen LogP contribution in [-0.2, 0) is 14.6 Å². The van der Waals surface area contributed by atoms with Gasteiger partial charge < -0.3 is 16.2 Å². The van der Waals surface area contributed by atoms with Gasteiger partial charge in [0, 0.05) is 5.56 Å². The van der Waals surface area contributed by atoms with Crippen LogP contribution in [0.4, 0.5) is 0 Å². The van der Waals surface area contributed by atoms with E-state index in [2.05, 4.69) is 0 Å². The summed E-state index contributed by atoms with van der Waals surface area (Å²) in [5, 5.41) is -0.650. The van der Waals surface area contributed by atoms with Crippen molar-refractivity contribution in [1.82, 2.24) is 0 Å². The summed E-state index contributed by atoms with van der Waals surface area (Å²) < 4.78 is 30.6. The Morgan fingerprint density at radius 2 is 1.62 bits per heavy atom. The SMILES string of the molecule is CCCC(CCC)S(=O)(=O)C[C@](N)(C(N)=O)C(=O)c1ccc(OC)cc1. The monoisotopic (exact) mass is 384 g/mol. The van der Waals surface area contributed by atoms with Gasteiger partial charge in [0.25, 0.3) is 0 Å². The number of sulfone groups is 1. The summed E-state index contributed by atoms with van der Waals surface area (Å²) in [6, 6.07) is 5.90. The lowest BCUT2D eigenvalue weighted by molar-refractivity contribution is -0.120. The van der Waals surface area contributed by atoms with Crippen molar-refractivity contribution in [3.05, 3.63) is 29.8 Å². The van der Waals surface area contributed by atoms with E-state index in [1.165, 1.54) is 31.4 Å². The standard InChI is InChI=1S/C18H28N2O5S/c1-4-6-15(7-5-2)26(23,24)12-18(20,17(19)22)16(21)13-8-10-14(25-3)11-9-13/h8-11,15H,4-7,12,20H2,1-3H3,(H2,19,22)/t18-/m1/s1. The Hall–Kier alpha value is -1.93. The first-order valence-corrected chi connectivity index (χ1v) is 10.3. The summed E-state index contributed by atoms with van der Waals surface area (Å²) in [6.45, 7) is 3.76. The quantitative estimate of drug-likeness (QED) is 0.439. The highest BCUT2D eigenvalue weighted by Gasteiger charge is 2.46. The third-order valence-electron chi connectivity index (χ3n) is 4.36. The minimum absolute atomic E-state index is 0.102. The van der Waals surface area contributed by atoms with Gasteiger partial charge in [0.2, 0.25) is 5.91 Å². The smallest absolute Gasteiger partial charge is 0.246 e. The van der Waals surface area contributed by atoms with Crippen LogP contribution in [0.1, 0.15) is 49.9 Å². The van der Waals surface area contributed by atoms with Crippen LogP contribution in [0.3, 0.4) is 0 Å². The van der Waals surface area contributed by atoms with Crippen molar-refractivity contribution in [3.8, 4) is 5.75 Å². The van der Waals surface area contributed by atoms with E-state index in [0.717, 1.165) is 0 Å². The fraction of sp³-hybridized carbons (Fsp3) is 0.556. The van der Waals surface area contributed by atoms with Crippen LogP contribution in [0, 0.1) is 0 Å². The molecule has 0 aliphatic heterocycles. The van der Waals surface area contributed by atoms with Gasteiger partial charge in [0.1, 0.15) is 5.75 Å². The van der Waals surface area contributed by atoms with Gasteiger partial charge in [-0.05, 0) is 37.1 Å². The molecule has 26 heavy (non-hydrogen) atoms. The number of hydrogen-bond acceptors (Lipinski definition) is 6. The van der Waals surface area contributed by atoms with Gasteiger partial charge in [-0.25, -0.2) is 8.42 Å². The fourth-order valence-corrected chi connectivity index (χ4v) is 5.16. The van der Waals surface area contributed by atoms with E-state index in [4.69, 9.17) is 16.2 Å². The molecular formula is C18H28N2O5S. The van der Waals surface area contributed by atoms with E-state index in [9.17, 15) is 18.0 Å². The molecule has 4 N–H and O–H groups in total. The molecule has 0 spiro atoms. The maximum atomic E-state index is 12.8. The molecule has 0 aliphatic carbocycles. The number of nitrogens with two attached hydrogens (primary N) is 2. The number of Topliss-reactive ketones (excluding diaryl/α,β-unsaturated/α-hetero) is 1. The van der Waals surface area contributed by atoms with E-state index >= 15 is 0 Å². The Kier molecular flexibility index (Phi) is 7.77. The van der Waals surface area contributed by atoms with Crippen LogP contribution in [-0.4, -0.2) is 43.8 Å². The highest BCUT2D eigenvalue weighted by atomic mass is 32.2. The molecule has 1 amide bonds. The van der Waals surface area contributed by atoms with Crippen molar-refractivity contribution in [2.24, 2.45) is 11.5 Å². The van der Waals surface area contributed by atoms with Crippen LogP contribution in [0.2, 0.25) is 0 Å². The van der Waals surface area contributed by atoms with E-state index in [0.29, 0.717) is 31.4 Å². The normalized spacial score (nSPS) is 14.0. The van der Waals surface area contributed by atoms with Gasteiger partial charge in [-0.15, -0.1) is 0 Å². The summed E-state index contributed by atoms with van der Waals surface area (Å²) in [6.07, 6.45) is 2.23. The molecule has 0 aliphatic rings. The van der Waals surface area contributed by atoms with Gasteiger partial charge in [0.15, 0.2) is 21.2 Å². The van der Waals surface area contributed by atoms with Crippen LogP contribution in [0.25, 0.3) is 0 Å². The third kappa shape index (κ3) is 5.04. The van der Waals surface area contributed by atoms with Crippen molar-refractivity contribution in [3.63, 3.8) is 0 Å². The van der Waals surface area contributed by atoms with E-state index in [1.807, 2.05) is 13.8 Å². The molecule has 0 bridgehead atoms. The molecule has 0 saturated heterocycles. The summed E-state index contributed by atoms with van der Waals surface area (Å²) >= 11 is 0. The number of carbonyl (C=O) groups is 2. The van der Waals surface area contributed by atoms with E-state index in [1.54, 1.807) is 0 Å². The van der Waals surface area contributed by atoms with Crippen molar-refractivity contribution in [2.45, 2.75) is 50.3 Å². The topological polar surface area (TPSA) is 130 Å². The van der Waals surface area contributed by atoms with Gasteiger partial charge in [-0.2, -0.15) is 0 Å². The second kappa shape index (κ2) is 9.14. The van der Waals surface area contributed by atoms with Crippen LogP contribution < -0.4 is 16.2 Å². The Labute approximate surface area is 155 Å². The number of amides is 1. The predicted octanol–water partition coefficient (Wildman–Crippen LogP) is 1.44. The lowest BCUT2D eigenvalue weighted by atomic mass is 9.91. The van der Waals surface area contributed by atoms with Gasteiger partial charge in [-0.1, -0.05) is 26.7 Å². The highest BCUT2D eigenvalue weighted by Crippen LogP contribution is 2.22. The molecule has 1 aromatic rings. The predicted molar refractivity (Wildman–Crippen MR) is 101 cm³/mol. The first-order valence-electron chi connectivity index (χ1n) is 8.61. The average molecular weight is 384 g/mol. The van der Waals surface area contributed by atoms with Gasteiger partial charge in [0.05, 0.1) is 18.1 Å². The van der Waals surface area contributed by atoms with Crippen molar-refractivity contribution in [1.29, 1.82) is 0 Å². The Morgan fingerprint density at radius 3 is 2.00 bits per heavy atom. The Balaban J connectivity index is 3.22. The van der Waals surface area contributed by atoms with Crippen molar-refractivity contribution in [2.75, 3.05) is 12.9 Å². The molecule has 0 fully saturated rings. The molecule has 1 aromatic carbocycles. The van der Waals surface area contributed by atoms with Gasteiger partial charge >= 0.3 is 0 Å². The number of benzene rings is 1. The summed E-state index contributed by atoms with van der Waals surface area (Å²) in [7, 11) is -2.31. The zero-order chi connectivity index (χ0) is 20.0. The van der Waals surface area contributed by atoms with Crippen LogP contribution >= 0.6 is 0 Å². The van der Waals surface area contributed by atoms with Crippen molar-refractivity contribution < 1.29 is 22.7 Å². The molecule has 146 valence electrons. The van der Waals surface area contributed by atoms with Crippen LogP contribution in [0.15, 0.2) is 24.3 Å². The number of ketones is 1. The molecule has 1 atom stereocenters. The molecule has 0 unspecified atom stereocenters. The largest absolute Gasteiger partial charge is 0.497 e. The first-order chi connectivity index (χ1) is 12.1. The summed E-state index contributed by atoms with van der Waals surface area (Å²) in [5.41, 5.74) is 9.10. The van der Waals surface area contributed by atoms with E-state index in [-0.39, 0.29) is 5.56 Å². The van der Waals surface area contributed by atoms with Gasteiger partial charge in [-0.3, -0.25) is 9.59 Å². The minimum Gasteiger partial charge on any atom is -0.497 e. The lowest BCUT2D eigenvalue weighted by Gasteiger charge is -2.27. The molecule has 1 rings (SSSR count). The number of ether oxygens (including phenoxy) is 1. The number of primary amides is 1. The molecule has 0 aromatic heterocycles. The minimum atomic E-state index is -3.79. The highest BCUT2D eigenvalue weighted by molar-refractivity contribution is 7.92. The zero-order valence-corrected chi connectivity index (χ0v) is 16.3. The number of hydrogen-bond donors (Lipinski definition) is 2. The average Bonchev–Trinajstić information content (AvgIpc) is 2.60. The number of rotatable bonds is 11. The molecule has 7 nitrogen and oxygen atoms in total. The van der Waals surface area contributed by atoms with Crippen LogP contribution in [0.5, 0.6) is 5.75 Å². The molecule has 0 heterocycles. The maximum absolute atomic E-state index is 12.8. The van der Waals surface area contributed by atoms with E-state index < -0.39 is 38.1 Å². The van der Waals surface area contributed by atoms with Crippen molar-refractivity contribution >= 4 is 21.5 Å². The maximum Gasteiger partial charge on any atom is 0.246 e. The summed E-state index contributed by atoms with van der Waals surface area (Å²) in [5.74, 6) is -2.26. The lowest BCUT2D eigenvalue weighted by Crippen LogP contribution is -2.63. The molecule has 0 saturated carbocycles. The number of methoxy groups -OCH3 is 1. The first kappa shape index (κ1) is 22.1. The number of carbonyl (C=O) groups excluding carboxylic acids is 2.